The van der Waals surface area contributed by atoms with E-state index in [9.17, 15) is 9.59 Å². The largest absolute Gasteiger partial charge is 0.375 e. The number of hydrogen-bond acceptors (Lipinski definition) is 6. The van der Waals surface area contributed by atoms with Crippen molar-refractivity contribution in [3.05, 3.63) is 40.9 Å². The average molecular weight is 388 g/mol. The van der Waals surface area contributed by atoms with Crippen molar-refractivity contribution in [3.63, 3.8) is 0 Å². The highest BCUT2D eigenvalue weighted by Crippen LogP contribution is 2.28. The number of ether oxygens (including phenoxy) is 1. The molecule has 27 heavy (non-hydrogen) atoms. The fraction of sp³-hybridized carbons (Fsp3) is 0.474. The van der Waals surface area contributed by atoms with Gasteiger partial charge in [-0.2, -0.15) is 0 Å². The minimum atomic E-state index is -0.356. The van der Waals surface area contributed by atoms with E-state index < -0.39 is 0 Å². The molecular weight excluding hydrogens is 364 g/mol. The van der Waals surface area contributed by atoms with Crippen LogP contribution in [0.25, 0.3) is 0 Å². The Bertz CT molecular complexity index is 765. The standard InChI is InChI=1S/C19H24N4O3S/c1-2-6-16-21-22-19(27-16)23-12-15(11-17(23)24)18(25)20-9-10-26-13-14-7-4-3-5-8-14/h3-5,7-8,15H,2,6,9-13H2,1H3,(H,20,25). The van der Waals surface area contributed by atoms with Gasteiger partial charge in [0, 0.05) is 25.9 Å². The van der Waals surface area contributed by atoms with Crippen LogP contribution in [0.5, 0.6) is 0 Å². The summed E-state index contributed by atoms with van der Waals surface area (Å²) in [7, 11) is 0. The van der Waals surface area contributed by atoms with Gasteiger partial charge < -0.3 is 10.1 Å². The van der Waals surface area contributed by atoms with Crippen LogP contribution in [0.4, 0.5) is 5.13 Å². The molecule has 2 amide bonds. The minimum Gasteiger partial charge on any atom is -0.375 e. The van der Waals surface area contributed by atoms with Gasteiger partial charge in [-0.25, -0.2) is 0 Å². The lowest BCUT2D eigenvalue weighted by Crippen LogP contribution is -2.34. The number of rotatable bonds is 9. The highest BCUT2D eigenvalue weighted by Gasteiger charge is 2.36. The number of carbonyl (C=O) groups is 2. The Kier molecular flexibility index (Phi) is 6.89. The molecule has 1 saturated heterocycles. The smallest absolute Gasteiger partial charge is 0.229 e. The Balaban J connectivity index is 1.40. The first-order chi connectivity index (χ1) is 13.2. The molecular formula is C19H24N4O3S. The highest BCUT2D eigenvalue weighted by molar-refractivity contribution is 7.15. The van der Waals surface area contributed by atoms with Gasteiger partial charge in [-0.15, -0.1) is 10.2 Å². The number of benzene rings is 1. The predicted octanol–water partition coefficient (Wildman–Crippen LogP) is 2.18. The van der Waals surface area contributed by atoms with Crippen LogP contribution >= 0.6 is 11.3 Å². The summed E-state index contributed by atoms with van der Waals surface area (Å²) in [5, 5.41) is 12.6. The van der Waals surface area contributed by atoms with Crippen molar-refractivity contribution >= 4 is 28.3 Å². The molecule has 2 heterocycles. The average Bonchev–Trinajstić information content (AvgIpc) is 3.29. The molecule has 7 nitrogen and oxygen atoms in total. The summed E-state index contributed by atoms with van der Waals surface area (Å²) in [5.74, 6) is -0.549. The minimum absolute atomic E-state index is 0.0744. The first kappa shape index (κ1) is 19.4. The van der Waals surface area contributed by atoms with Gasteiger partial charge in [-0.05, 0) is 12.0 Å². The van der Waals surface area contributed by atoms with Crippen LogP contribution < -0.4 is 10.2 Å². The lowest BCUT2D eigenvalue weighted by molar-refractivity contribution is -0.126. The van der Waals surface area contributed by atoms with E-state index in [-0.39, 0.29) is 24.2 Å². The number of carbonyl (C=O) groups excluding carboxylic acids is 2. The van der Waals surface area contributed by atoms with Gasteiger partial charge in [-0.1, -0.05) is 48.6 Å². The molecule has 1 unspecified atom stereocenters. The van der Waals surface area contributed by atoms with Crippen molar-refractivity contribution in [1.29, 1.82) is 0 Å². The second-order valence-electron chi connectivity index (χ2n) is 6.46. The van der Waals surface area contributed by atoms with Crippen molar-refractivity contribution < 1.29 is 14.3 Å². The van der Waals surface area contributed by atoms with Crippen LogP contribution in [-0.2, 0) is 27.4 Å². The molecule has 1 aliphatic rings. The summed E-state index contributed by atoms with van der Waals surface area (Å²) in [4.78, 5) is 26.2. The molecule has 0 saturated carbocycles. The molecule has 1 N–H and O–H groups in total. The normalized spacial score (nSPS) is 16.7. The first-order valence-electron chi connectivity index (χ1n) is 9.19. The number of amides is 2. The van der Waals surface area contributed by atoms with Crippen molar-refractivity contribution in [2.75, 3.05) is 24.6 Å². The van der Waals surface area contributed by atoms with Crippen molar-refractivity contribution in [1.82, 2.24) is 15.5 Å². The molecule has 1 aromatic heterocycles. The SMILES string of the molecule is CCCc1nnc(N2CC(C(=O)NCCOCc3ccccc3)CC2=O)s1. The van der Waals surface area contributed by atoms with E-state index in [4.69, 9.17) is 4.74 Å². The second kappa shape index (κ2) is 9.57. The molecule has 1 atom stereocenters. The van der Waals surface area contributed by atoms with Gasteiger partial charge in [0.2, 0.25) is 16.9 Å². The molecule has 3 rings (SSSR count). The molecule has 2 aromatic rings. The van der Waals surface area contributed by atoms with Crippen LogP contribution in [0.15, 0.2) is 30.3 Å². The van der Waals surface area contributed by atoms with Gasteiger partial charge in [0.1, 0.15) is 5.01 Å². The lowest BCUT2D eigenvalue weighted by atomic mass is 10.1. The van der Waals surface area contributed by atoms with E-state index in [1.54, 1.807) is 4.90 Å². The van der Waals surface area contributed by atoms with Crippen LogP contribution in [0.2, 0.25) is 0 Å². The maximum Gasteiger partial charge on any atom is 0.229 e. The van der Waals surface area contributed by atoms with Gasteiger partial charge in [0.05, 0.1) is 19.1 Å². The first-order valence-corrected chi connectivity index (χ1v) is 10.0. The van der Waals surface area contributed by atoms with Crippen molar-refractivity contribution in [2.45, 2.75) is 32.8 Å². The van der Waals surface area contributed by atoms with Crippen LogP contribution in [0.3, 0.4) is 0 Å². The summed E-state index contributed by atoms with van der Waals surface area (Å²) >= 11 is 1.43. The third-order valence-corrected chi connectivity index (χ3v) is 5.31. The summed E-state index contributed by atoms with van der Waals surface area (Å²) in [6.45, 7) is 3.81. The third kappa shape index (κ3) is 5.33. The monoisotopic (exact) mass is 388 g/mol. The molecule has 1 aliphatic heterocycles. The summed E-state index contributed by atoms with van der Waals surface area (Å²) < 4.78 is 5.56. The Morgan fingerprint density at radius 3 is 2.93 bits per heavy atom. The summed E-state index contributed by atoms with van der Waals surface area (Å²) in [5.41, 5.74) is 1.10. The van der Waals surface area contributed by atoms with Crippen molar-refractivity contribution in [3.8, 4) is 0 Å². The molecule has 0 bridgehead atoms. The van der Waals surface area contributed by atoms with E-state index >= 15 is 0 Å². The zero-order valence-corrected chi connectivity index (χ0v) is 16.2. The Labute approximate surface area is 162 Å². The van der Waals surface area contributed by atoms with Crippen LogP contribution in [-0.4, -0.2) is 41.7 Å². The quantitative estimate of drug-likeness (QED) is 0.666. The zero-order valence-electron chi connectivity index (χ0n) is 15.4. The predicted molar refractivity (Wildman–Crippen MR) is 103 cm³/mol. The molecule has 0 radical (unpaired) electrons. The number of nitrogens with zero attached hydrogens (tertiary/aromatic N) is 3. The maximum absolute atomic E-state index is 12.3. The fourth-order valence-corrected chi connectivity index (χ4v) is 3.86. The Morgan fingerprint density at radius 2 is 2.15 bits per heavy atom. The summed E-state index contributed by atoms with van der Waals surface area (Å²) in [6, 6.07) is 9.88. The maximum atomic E-state index is 12.3. The molecule has 1 fully saturated rings. The molecule has 8 heteroatoms. The second-order valence-corrected chi connectivity index (χ2v) is 7.50. The van der Waals surface area contributed by atoms with Crippen molar-refractivity contribution in [2.24, 2.45) is 5.92 Å². The van der Waals surface area contributed by atoms with Gasteiger partial charge in [0.15, 0.2) is 0 Å². The lowest BCUT2D eigenvalue weighted by Gasteiger charge is -2.12. The number of anilines is 1. The van der Waals surface area contributed by atoms with Crippen LogP contribution in [0, 0.1) is 5.92 Å². The van der Waals surface area contributed by atoms with Crippen LogP contribution in [0.1, 0.15) is 30.3 Å². The molecule has 0 spiro atoms. The topological polar surface area (TPSA) is 84.4 Å². The van der Waals surface area contributed by atoms with E-state index in [1.807, 2.05) is 30.3 Å². The number of hydrogen-bond donors (Lipinski definition) is 1. The Hall–Kier alpha value is -2.32. The third-order valence-electron chi connectivity index (χ3n) is 4.30. The van der Waals surface area contributed by atoms with Gasteiger partial charge in [-0.3, -0.25) is 14.5 Å². The highest BCUT2D eigenvalue weighted by atomic mass is 32.1. The molecule has 0 aliphatic carbocycles. The van der Waals surface area contributed by atoms with E-state index in [1.165, 1.54) is 11.3 Å². The van der Waals surface area contributed by atoms with E-state index in [2.05, 4.69) is 22.4 Å². The number of aromatic nitrogens is 2. The zero-order chi connectivity index (χ0) is 19.1. The molecule has 144 valence electrons. The van der Waals surface area contributed by atoms with Gasteiger partial charge in [0.25, 0.3) is 0 Å². The van der Waals surface area contributed by atoms with Gasteiger partial charge >= 0.3 is 0 Å². The van der Waals surface area contributed by atoms with E-state index in [0.29, 0.717) is 31.4 Å². The molecule has 1 aromatic carbocycles. The van der Waals surface area contributed by atoms with E-state index in [0.717, 1.165) is 23.4 Å². The fourth-order valence-electron chi connectivity index (χ4n) is 2.89. The number of nitrogens with one attached hydrogen (secondary N) is 1. The number of aryl methyl sites for hydroxylation is 1. The Morgan fingerprint density at radius 1 is 1.33 bits per heavy atom. The summed E-state index contributed by atoms with van der Waals surface area (Å²) in [6.07, 6.45) is 2.05.